The smallest absolute Gasteiger partial charge is 0.249 e. The molecule has 1 saturated carbocycles. The summed E-state index contributed by atoms with van der Waals surface area (Å²) in [6.07, 6.45) is 7.59. The van der Waals surface area contributed by atoms with Crippen LogP contribution in [0.5, 0.6) is 0 Å². The molecule has 4 aromatic rings. The van der Waals surface area contributed by atoms with Gasteiger partial charge >= 0.3 is 0 Å². The van der Waals surface area contributed by atoms with Gasteiger partial charge in [0.1, 0.15) is 34.7 Å². The van der Waals surface area contributed by atoms with Crippen LogP contribution in [0, 0.1) is 12.8 Å². The molecule has 0 radical (unpaired) electrons. The highest BCUT2D eigenvalue weighted by atomic mass is 16.2. The Balaban J connectivity index is 1.47. The van der Waals surface area contributed by atoms with Gasteiger partial charge in [0.2, 0.25) is 5.91 Å². The number of nitrogens with zero attached hydrogens (tertiary/aromatic N) is 6. The van der Waals surface area contributed by atoms with Crippen LogP contribution in [0.3, 0.4) is 0 Å². The second-order valence-corrected chi connectivity index (χ2v) is 9.26. The Hall–Kier alpha value is -3.72. The first-order chi connectivity index (χ1) is 16.5. The lowest BCUT2D eigenvalue weighted by molar-refractivity contribution is -0.121. The van der Waals surface area contributed by atoms with Crippen molar-refractivity contribution in [2.45, 2.75) is 45.7 Å². The lowest BCUT2D eigenvalue weighted by Gasteiger charge is -2.24. The molecule has 1 aliphatic heterocycles. The number of aromatic nitrogens is 6. The SMILES string of the molecule is CCn1c(-c2cnc(C)nc2)nc2c(-c3ccc4c(c3)C(C)(NCC3CC3)C(=O)N4)ncnc21. The Labute approximate surface area is 197 Å². The number of anilines is 1. The first kappa shape index (κ1) is 20.9. The average Bonchev–Trinajstić information content (AvgIpc) is 3.55. The quantitative estimate of drug-likeness (QED) is 0.459. The van der Waals surface area contributed by atoms with Crippen molar-refractivity contribution in [3.8, 4) is 22.6 Å². The Morgan fingerprint density at radius 1 is 1.15 bits per heavy atom. The molecule has 1 atom stereocenters. The van der Waals surface area contributed by atoms with Gasteiger partial charge in [-0.05, 0) is 58.2 Å². The molecule has 2 aliphatic rings. The van der Waals surface area contributed by atoms with Crippen LogP contribution in [0.25, 0.3) is 33.8 Å². The van der Waals surface area contributed by atoms with E-state index >= 15 is 0 Å². The van der Waals surface area contributed by atoms with Crippen molar-refractivity contribution in [3.63, 3.8) is 0 Å². The molecule has 4 heterocycles. The van der Waals surface area contributed by atoms with E-state index in [0.29, 0.717) is 23.8 Å². The van der Waals surface area contributed by atoms with Crippen molar-refractivity contribution in [2.75, 3.05) is 11.9 Å². The van der Waals surface area contributed by atoms with Gasteiger partial charge in [-0.25, -0.2) is 24.9 Å². The molecule has 0 bridgehead atoms. The van der Waals surface area contributed by atoms with Gasteiger partial charge in [-0.1, -0.05) is 6.07 Å². The topological polar surface area (TPSA) is 111 Å². The Kier molecular flexibility index (Phi) is 4.70. The Bertz CT molecular complexity index is 1420. The number of nitrogens with one attached hydrogen (secondary N) is 2. The molecule has 9 heteroatoms. The molecule has 9 nitrogen and oxygen atoms in total. The van der Waals surface area contributed by atoms with E-state index in [1.807, 2.05) is 30.5 Å². The zero-order valence-corrected chi connectivity index (χ0v) is 19.5. The van der Waals surface area contributed by atoms with Gasteiger partial charge in [-0.3, -0.25) is 10.1 Å². The maximum Gasteiger partial charge on any atom is 0.249 e. The standard InChI is InChI=1S/C25H26N8O/c1-4-33-22(17-11-26-14(2)27-12-17)32-21-20(28-13-29-23(21)33)16-7-8-19-18(9-16)25(3,24(34)31-19)30-10-15-5-6-15/h7-9,11-13,15,30H,4-6,10H2,1-3H3,(H,31,34). The van der Waals surface area contributed by atoms with Crippen molar-refractivity contribution in [1.29, 1.82) is 0 Å². The molecule has 0 saturated heterocycles. The summed E-state index contributed by atoms with van der Waals surface area (Å²) < 4.78 is 2.05. The molecule has 1 fully saturated rings. The van der Waals surface area contributed by atoms with E-state index < -0.39 is 5.54 Å². The number of hydrogen-bond acceptors (Lipinski definition) is 7. The normalized spacial score (nSPS) is 19.4. The van der Waals surface area contributed by atoms with E-state index in [4.69, 9.17) is 4.98 Å². The molecule has 2 N–H and O–H groups in total. The van der Waals surface area contributed by atoms with E-state index in [0.717, 1.165) is 46.1 Å². The fraction of sp³-hybridized carbons (Fsp3) is 0.360. The van der Waals surface area contributed by atoms with Gasteiger partial charge in [0.15, 0.2) is 5.65 Å². The highest BCUT2D eigenvalue weighted by Gasteiger charge is 2.43. The lowest BCUT2D eigenvalue weighted by Crippen LogP contribution is -2.46. The molecule has 1 amide bonds. The molecule has 34 heavy (non-hydrogen) atoms. The molecule has 3 aromatic heterocycles. The van der Waals surface area contributed by atoms with Crippen LogP contribution in [0.15, 0.2) is 36.9 Å². The number of carbonyl (C=O) groups excluding carboxylic acids is 1. The third-order valence-electron chi connectivity index (χ3n) is 6.86. The minimum atomic E-state index is -0.771. The lowest BCUT2D eigenvalue weighted by atomic mass is 9.91. The summed E-state index contributed by atoms with van der Waals surface area (Å²) in [5.74, 6) is 2.11. The van der Waals surface area contributed by atoms with Crippen LogP contribution in [0.1, 0.15) is 38.1 Å². The maximum atomic E-state index is 12.9. The second kappa shape index (κ2) is 7.66. The van der Waals surface area contributed by atoms with Gasteiger partial charge in [0, 0.05) is 35.8 Å². The summed E-state index contributed by atoms with van der Waals surface area (Å²) in [6, 6.07) is 5.98. The van der Waals surface area contributed by atoms with Gasteiger partial charge < -0.3 is 9.88 Å². The minimum Gasteiger partial charge on any atom is -0.324 e. The molecule has 1 unspecified atom stereocenters. The number of hydrogen-bond donors (Lipinski definition) is 2. The van der Waals surface area contributed by atoms with Crippen LogP contribution in [-0.2, 0) is 16.9 Å². The van der Waals surface area contributed by atoms with Crippen LogP contribution < -0.4 is 10.6 Å². The molecule has 6 rings (SSSR count). The maximum absolute atomic E-state index is 12.9. The van der Waals surface area contributed by atoms with E-state index in [2.05, 4.69) is 43.6 Å². The van der Waals surface area contributed by atoms with Crippen LogP contribution in [-0.4, -0.2) is 41.9 Å². The van der Waals surface area contributed by atoms with E-state index in [1.54, 1.807) is 18.7 Å². The monoisotopic (exact) mass is 454 g/mol. The number of rotatable bonds is 6. The summed E-state index contributed by atoms with van der Waals surface area (Å²) >= 11 is 0. The van der Waals surface area contributed by atoms with Crippen LogP contribution >= 0.6 is 0 Å². The number of fused-ring (bicyclic) bond motifs is 2. The predicted molar refractivity (Wildman–Crippen MR) is 129 cm³/mol. The van der Waals surface area contributed by atoms with Crippen molar-refractivity contribution in [2.24, 2.45) is 5.92 Å². The Morgan fingerprint density at radius 2 is 1.94 bits per heavy atom. The number of amides is 1. The fourth-order valence-corrected chi connectivity index (χ4v) is 4.61. The molecular formula is C25H26N8O. The first-order valence-electron chi connectivity index (χ1n) is 11.7. The number of carbonyl (C=O) groups is 1. The molecule has 172 valence electrons. The summed E-state index contributed by atoms with van der Waals surface area (Å²) in [5.41, 5.74) is 4.93. The molecule has 1 aliphatic carbocycles. The van der Waals surface area contributed by atoms with Crippen LogP contribution in [0.4, 0.5) is 5.69 Å². The van der Waals surface area contributed by atoms with E-state index in [9.17, 15) is 4.79 Å². The number of imidazole rings is 1. The molecule has 1 aromatic carbocycles. The summed E-state index contributed by atoms with van der Waals surface area (Å²) in [7, 11) is 0. The zero-order chi connectivity index (χ0) is 23.4. The number of aryl methyl sites for hydroxylation is 2. The highest BCUT2D eigenvalue weighted by molar-refractivity contribution is 6.06. The van der Waals surface area contributed by atoms with Crippen molar-refractivity contribution >= 4 is 22.8 Å². The highest BCUT2D eigenvalue weighted by Crippen LogP contribution is 2.40. The molecule has 0 spiro atoms. The number of benzene rings is 1. The average molecular weight is 455 g/mol. The third-order valence-corrected chi connectivity index (χ3v) is 6.86. The van der Waals surface area contributed by atoms with E-state index in [-0.39, 0.29) is 5.91 Å². The van der Waals surface area contributed by atoms with Crippen molar-refractivity contribution in [1.82, 2.24) is 34.8 Å². The summed E-state index contributed by atoms with van der Waals surface area (Å²) in [4.78, 5) is 35.6. The zero-order valence-electron chi connectivity index (χ0n) is 19.5. The van der Waals surface area contributed by atoms with Gasteiger partial charge in [0.25, 0.3) is 0 Å². The van der Waals surface area contributed by atoms with E-state index in [1.165, 1.54) is 12.8 Å². The van der Waals surface area contributed by atoms with Crippen molar-refractivity contribution < 1.29 is 4.79 Å². The third kappa shape index (κ3) is 3.27. The van der Waals surface area contributed by atoms with Crippen molar-refractivity contribution in [3.05, 3.63) is 48.3 Å². The molecular weight excluding hydrogens is 428 g/mol. The predicted octanol–water partition coefficient (Wildman–Crippen LogP) is 3.45. The largest absolute Gasteiger partial charge is 0.324 e. The van der Waals surface area contributed by atoms with Gasteiger partial charge in [-0.15, -0.1) is 0 Å². The van der Waals surface area contributed by atoms with Crippen LogP contribution in [0.2, 0.25) is 0 Å². The fourth-order valence-electron chi connectivity index (χ4n) is 4.61. The second-order valence-electron chi connectivity index (χ2n) is 9.26. The van der Waals surface area contributed by atoms with Gasteiger partial charge in [-0.2, -0.15) is 0 Å². The Morgan fingerprint density at radius 3 is 2.68 bits per heavy atom. The summed E-state index contributed by atoms with van der Waals surface area (Å²) in [5, 5.41) is 6.54. The summed E-state index contributed by atoms with van der Waals surface area (Å²) in [6.45, 7) is 7.41. The first-order valence-corrected chi connectivity index (χ1v) is 11.7. The van der Waals surface area contributed by atoms with Gasteiger partial charge in [0.05, 0.1) is 5.56 Å². The minimum absolute atomic E-state index is 0.0231.